The van der Waals surface area contributed by atoms with Gasteiger partial charge in [0.15, 0.2) is 0 Å². The Labute approximate surface area is 183 Å². The standard InChI is InChI=1S/C25H19FN4O2/c1-31-18-10-7-16(8-11-18)24-21-22(19-13-17(26)9-12-20(19)32-24)29-25-27-14-28-30(25)23(21)15-5-3-2-4-6-15/h2-14,23-24H,1H3,(H,27,28,29)/t23-,24+/m1/s1. The highest BCUT2D eigenvalue weighted by Crippen LogP contribution is 2.50. The zero-order valence-corrected chi connectivity index (χ0v) is 17.2. The van der Waals surface area contributed by atoms with Crippen LogP contribution in [0.3, 0.4) is 0 Å². The van der Waals surface area contributed by atoms with E-state index in [0.29, 0.717) is 17.3 Å². The van der Waals surface area contributed by atoms with Crippen molar-refractivity contribution in [3.05, 3.63) is 107 Å². The Balaban J connectivity index is 1.61. The van der Waals surface area contributed by atoms with Crippen molar-refractivity contribution >= 4 is 11.6 Å². The van der Waals surface area contributed by atoms with E-state index in [0.717, 1.165) is 28.1 Å². The molecule has 2 aliphatic heterocycles. The molecule has 2 atom stereocenters. The number of hydrogen-bond acceptors (Lipinski definition) is 5. The molecule has 0 unspecified atom stereocenters. The zero-order chi connectivity index (χ0) is 21.7. The van der Waals surface area contributed by atoms with Gasteiger partial charge in [-0.3, -0.25) is 0 Å². The molecule has 3 aromatic carbocycles. The highest BCUT2D eigenvalue weighted by atomic mass is 19.1. The van der Waals surface area contributed by atoms with Gasteiger partial charge in [-0.2, -0.15) is 10.1 Å². The van der Waals surface area contributed by atoms with Crippen molar-refractivity contribution < 1.29 is 13.9 Å². The number of halogens is 1. The Morgan fingerprint density at radius 2 is 1.81 bits per heavy atom. The first-order valence-electron chi connectivity index (χ1n) is 10.3. The molecule has 2 aliphatic rings. The molecule has 6 rings (SSSR count). The molecule has 0 saturated carbocycles. The van der Waals surface area contributed by atoms with Crippen molar-refractivity contribution in [3.63, 3.8) is 0 Å². The Hall–Kier alpha value is -4.13. The van der Waals surface area contributed by atoms with E-state index < -0.39 is 6.10 Å². The lowest BCUT2D eigenvalue weighted by molar-refractivity contribution is 0.222. The normalized spacial score (nSPS) is 18.7. The molecule has 4 aromatic rings. The number of benzene rings is 3. The molecule has 0 spiro atoms. The molecule has 32 heavy (non-hydrogen) atoms. The summed E-state index contributed by atoms with van der Waals surface area (Å²) in [5.74, 6) is 1.65. The number of nitrogens with one attached hydrogen (secondary N) is 1. The van der Waals surface area contributed by atoms with Crippen molar-refractivity contribution in [2.75, 3.05) is 12.4 Å². The lowest BCUT2D eigenvalue weighted by atomic mass is 9.84. The van der Waals surface area contributed by atoms with E-state index in [9.17, 15) is 4.39 Å². The lowest BCUT2D eigenvalue weighted by Crippen LogP contribution is -2.32. The van der Waals surface area contributed by atoms with Crippen LogP contribution < -0.4 is 14.8 Å². The molecule has 0 radical (unpaired) electrons. The van der Waals surface area contributed by atoms with Crippen molar-refractivity contribution in [3.8, 4) is 11.5 Å². The summed E-state index contributed by atoms with van der Waals surface area (Å²) < 4.78 is 27.9. The molecule has 3 heterocycles. The van der Waals surface area contributed by atoms with Crippen LogP contribution >= 0.6 is 0 Å². The summed E-state index contributed by atoms with van der Waals surface area (Å²) in [6.45, 7) is 0. The number of nitrogens with zero attached hydrogens (tertiary/aromatic N) is 3. The van der Waals surface area contributed by atoms with E-state index in [1.165, 1.54) is 18.5 Å². The van der Waals surface area contributed by atoms with Gasteiger partial charge in [-0.25, -0.2) is 9.07 Å². The third-order valence-corrected chi connectivity index (χ3v) is 5.91. The fraction of sp³-hybridized carbons (Fsp3) is 0.120. The fourth-order valence-electron chi connectivity index (χ4n) is 4.45. The third-order valence-electron chi connectivity index (χ3n) is 5.91. The molecule has 0 amide bonds. The van der Waals surface area contributed by atoms with Crippen LogP contribution in [0.1, 0.15) is 28.8 Å². The molecule has 0 bridgehead atoms. The minimum absolute atomic E-state index is 0.270. The number of hydrogen-bond donors (Lipinski definition) is 1. The molecule has 0 saturated heterocycles. The number of rotatable bonds is 3. The summed E-state index contributed by atoms with van der Waals surface area (Å²) in [5, 5.41) is 7.88. The van der Waals surface area contributed by atoms with Crippen molar-refractivity contribution in [2.24, 2.45) is 0 Å². The second-order valence-corrected chi connectivity index (χ2v) is 7.71. The third kappa shape index (κ3) is 2.85. The van der Waals surface area contributed by atoms with Crippen molar-refractivity contribution in [1.82, 2.24) is 14.8 Å². The Kier molecular flexibility index (Phi) is 4.21. The fourth-order valence-corrected chi connectivity index (χ4v) is 4.45. The minimum atomic E-state index is -0.413. The molecule has 6 nitrogen and oxygen atoms in total. The summed E-state index contributed by atoms with van der Waals surface area (Å²) in [4.78, 5) is 4.39. The van der Waals surface area contributed by atoms with E-state index in [2.05, 4.69) is 27.5 Å². The molecule has 0 aliphatic carbocycles. The maximum absolute atomic E-state index is 14.3. The number of methoxy groups -OCH3 is 1. The van der Waals surface area contributed by atoms with Crippen LogP contribution in [-0.2, 0) is 0 Å². The minimum Gasteiger partial charge on any atom is -0.497 e. The van der Waals surface area contributed by atoms with Gasteiger partial charge in [0.25, 0.3) is 0 Å². The van der Waals surface area contributed by atoms with E-state index in [1.807, 2.05) is 47.1 Å². The predicted octanol–water partition coefficient (Wildman–Crippen LogP) is 4.99. The SMILES string of the molecule is COc1ccc([C@@H]2Oc3ccc(F)cc3C3=C2[C@@H](c2ccccc2)n2ncnc2N3)cc1. The average molecular weight is 426 g/mol. The van der Waals surface area contributed by atoms with Crippen LogP contribution in [0.4, 0.5) is 10.3 Å². The Morgan fingerprint density at radius 3 is 2.59 bits per heavy atom. The van der Waals surface area contributed by atoms with Gasteiger partial charge in [-0.1, -0.05) is 42.5 Å². The topological polar surface area (TPSA) is 61.2 Å². The van der Waals surface area contributed by atoms with Crippen LogP contribution in [0.5, 0.6) is 11.5 Å². The summed E-state index contributed by atoms with van der Waals surface area (Å²) in [5.41, 5.74) is 4.40. The highest BCUT2D eigenvalue weighted by molar-refractivity contribution is 5.85. The Morgan fingerprint density at radius 1 is 1.00 bits per heavy atom. The van der Waals surface area contributed by atoms with Crippen LogP contribution in [0.2, 0.25) is 0 Å². The number of ether oxygens (including phenoxy) is 2. The van der Waals surface area contributed by atoms with Gasteiger partial charge in [-0.05, 0) is 41.5 Å². The summed E-state index contributed by atoms with van der Waals surface area (Å²) in [6.07, 6.45) is 1.11. The largest absolute Gasteiger partial charge is 0.497 e. The maximum atomic E-state index is 14.3. The van der Waals surface area contributed by atoms with Crippen molar-refractivity contribution in [1.29, 1.82) is 0 Å². The van der Waals surface area contributed by atoms with Gasteiger partial charge >= 0.3 is 0 Å². The molecule has 0 fully saturated rings. The summed E-state index contributed by atoms with van der Waals surface area (Å²) >= 11 is 0. The molecular formula is C25H19FN4O2. The van der Waals surface area contributed by atoms with Crippen LogP contribution in [-0.4, -0.2) is 21.9 Å². The van der Waals surface area contributed by atoms with Crippen LogP contribution in [0.25, 0.3) is 5.70 Å². The van der Waals surface area contributed by atoms with Gasteiger partial charge in [0, 0.05) is 11.1 Å². The molecule has 1 aromatic heterocycles. The zero-order valence-electron chi connectivity index (χ0n) is 17.2. The van der Waals surface area contributed by atoms with E-state index in [4.69, 9.17) is 9.47 Å². The van der Waals surface area contributed by atoms with Gasteiger partial charge in [0.1, 0.15) is 35.8 Å². The first-order valence-corrected chi connectivity index (χ1v) is 10.3. The van der Waals surface area contributed by atoms with Gasteiger partial charge in [-0.15, -0.1) is 0 Å². The predicted molar refractivity (Wildman–Crippen MR) is 118 cm³/mol. The molecule has 158 valence electrons. The Bertz CT molecular complexity index is 1330. The van der Waals surface area contributed by atoms with Crippen LogP contribution in [0, 0.1) is 5.82 Å². The number of fused-ring (bicyclic) bond motifs is 3. The first kappa shape index (κ1) is 18.6. The monoisotopic (exact) mass is 426 g/mol. The highest BCUT2D eigenvalue weighted by Gasteiger charge is 2.41. The molecule has 7 heteroatoms. The molecular weight excluding hydrogens is 407 g/mol. The van der Waals surface area contributed by atoms with E-state index in [1.54, 1.807) is 13.2 Å². The second-order valence-electron chi connectivity index (χ2n) is 7.71. The van der Waals surface area contributed by atoms with Gasteiger partial charge < -0.3 is 14.8 Å². The van der Waals surface area contributed by atoms with Gasteiger partial charge in [0.05, 0.1) is 12.8 Å². The molecule has 1 N–H and O–H groups in total. The maximum Gasteiger partial charge on any atom is 0.226 e. The van der Waals surface area contributed by atoms with Crippen LogP contribution in [0.15, 0.2) is 84.7 Å². The summed E-state index contributed by atoms with van der Waals surface area (Å²) in [6, 6.07) is 22.2. The lowest BCUT2D eigenvalue weighted by Gasteiger charge is -2.39. The van der Waals surface area contributed by atoms with Gasteiger partial charge in [0.2, 0.25) is 5.95 Å². The number of anilines is 1. The van der Waals surface area contributed by atoms with E-state index >= 15 is 0 Å². The smallest absolute Gasteiger partial charge is 0.226 e. The van der Waals surface area contributed by atoms with Crippen molar-refractivity contribution in [2.45, 2.75) is 12.1 Å². The quantitative estimate of drug-likeness (QED) is 0.500. The average Bonchev–Trinajstić information content (AvgIpc) is 3.31. The second kappa shape index (κ2) is 7.23. The number of aromatic nitrogens is 3. The summed E-state index contributed by atoms with van der Waals surface area (Å²) in [7, 11) is 1.64. The first-order chi connectivity index (χ1) is 15.7. The van der Waals surface area contributed by atoms with E-state index in [-0.39, 0.29) is 11.9 Å².